The van der Waals surface area contributed by atoms with Gasteiger partial charge in [0.05, 0.1) is 31.0 Å². The number of nitrogens with one attached hydrogen (secondary N) is 1. The smallest absolute Gasteiger partial charge is 0.170 e. The summed E-state index contributed by atoms with van der Waals surface area (Å²) < 4.78 is 8.03. The molecule has 30 heavy (non-hydrogen) atoms. The number of hydrogen-bond acceptors (Lipinski definition) is 4. The highest BCUT2D eigenvalue weighted by Gasteiger charge is 2.41. The SMILES string of the molecule is S=C1N[C@@H](c2ccccn2)[C@H](c2cccn2C2CCCC2)N1CCN1CCOCC1. The van der Waals surface area contributed by atoms with Crippen LogP contribution < -0.4 is 5.32 Å². The fourth-order valence-corrected chi connectivity index (χ4v) is 5.55. The van der Waals surface area contributed by atoms with Crippen molar-refractivity contribution >= 4 is 17.3 Å². The summed E-state index contributed by atoms with van der Waals surface area (Å²) in [7, 11) is 0. The molecule has 160 valence electrons. The highest BCUT2D eigenvalue weighted by Crippen LogP contribution is 2.41. The van der Waals surface area contributed by atoms with E-state index in [0.29, 0.717) is 6.04 Å². The summed E-state index contributed by atoms with van der Waals surface area (Å²) in [5.41, 5.74) is 2.41. The number of ether oxygens (including phenoxy) is 1. The molecule has 3 fully saturated rings. The van der Waals surface area contributed by atoms with Gasteiger partial charge < -0.3 is 19.5 Å². The van der Waals surface area contributed by atoms with Crippen LogP contribution in [0.15, 0.2) is 42.7 Å². The molecule has 2 aliphatic heterocycles. The topological polar surface area (TPSA) is 45.6 Å². The Hall–Kier alpha value is -1.96. The average molecular weight is 426 g/mol. The molecule has 0 bridgehead atoms. The van der Waals surface area contributed by atoms with E-state index in [1.165, 1.54) is 31.4 Å². The predicted molar refractivity (Wildman–Crippen MR) is 121 cm³/mol. The Morgan fingerprint density at radius 3 is 2.67 bits per heavy atom. The lowest BCUT2D eigenvalue weighted by atomic mass is 10.0. The number of rotatable bonds is 6. The van der Waals surface area contributed by atoms with Crippen LogP contribution in [0.5, 0.6) is 0 Å². The molecule has 0 radical (unpaired) electrons. The first-order chi connectivity index (χ1) is 14.8. The Bertz CT molecular complexity index is 844. The molecule has 0 unspecified atom stereocenters. The zero-order valence-electron chi connectivity index (χ0n) is 17.4. The fraction of sp³-hybridized carbons (Fsp3) is 0.565. The van der Waals surface area contributed by atoms with Crippen LogP contribution in [-0.4, -0.2) is 63.9 Å². The lowest BCUT2D eigenvalue weighted by molar-refractivity contribution is 0.0349. The van der Waals surface area contributed by atoms with Crippen molar-refractivity contribution in [3.63, 3.8) is 0 Å². The van der Waals surface area contributed by atoms with Gasteiger partial charge in [0, 0.05) is 50.3 Å². The number of aromatic nitrogens is 2. The van der Waals surface area contributed by atoms with Crippen LogP contribution in [-0.2, 0) is 4.74 Å². The van der Waals surface area contributed by atoms with E-state index < -0.39 is 0 Å². The van der Waals surface area contributed by atoms with Crippen molar-refractivity contribution in [3.8, 4) is 0 Å². The summed E-state index contributed by atoms with van der Waals surface area (Å²) in [5.74, 6) is 0. The van der Waals surface area contributed by atoms with Crippen molar-refractivity contribution in [3.05, 3.63) is 54.1 Å². The van der Waals surface area contributed by atoms with E-state index in [4.69, 9.17) is 17.0 Å². The lowest BCUT2D eigenvalue weighted by Crippen LogP contribution is -2.42. The highest BCUT2D eigenvalue weighted by molar-refractivity contribution is 7.80. The van der Waals surface area contributed by atoms with E-state index in [1.54, 1.807) is 0 Å². The molecule has 2 saturated heterocycles. The first-order valence-electron chi connectivity index (χ1n) is 11.3. The van der Waals surface area contributed by atoms with Gasteiger partial charge in [-0.1, -0.05) is 18.9 Å². The number of hydrogen-bond donors (Lipinski definition) is 1. The standard InChI is InChI=1S/C23H31N5OS/c30-23-25-21(19-8-3-4-10-24-19)22(28(23)13-12-26-14-16-29-17-15-26)20-9-5-11-27(20)18-6-1-2-7-18/h3-5,8-11,18,21-22H,1-2,6-7,12-17H2,(H,25,30)/t21-,22-/m0/s1. The minimum Gasteiger partial charge on any atom is -0.379 e. The van der Waals surface area contributed by atoms with Crippen molar-refractivity contribution in [2.24, 2.45) is 0 Å². The third kappa shape index (κ3) is 3.98. The van der Waals surface area contributed by atoms with E-state index in [0.717, 1.165) is 50.2 Å². The van der Waals surface area contributed by atoms with Gasteiger partial charge in [0.2, 0.25) is 0 Å². The second-order valence-electron chi connectivity index (χ2n) is 8.55. The molecule has 1 N–H and O–H groups in total. The van der Waals surface area contributed by atoms with Crippen molar-refractivity contribution in [1.82, 2.24) is 24.7 Å². The van der Waals surface area contributed by atoms with E-state index >= 15 is 0 Å². The molecule has 2 aromatic heterocycles. The maximum atomic E-state index is 5.85. The zero-order chi connectivity index (χ0) is 20.3. The van der Waals surface area contributed by atoms with Gasteiger partial charge in [-0.3, -0.25) is 9.88 Å². The first kappa shape index (κ1) is 20.0. The van der Waals surface area contributed by atoms with Gasteiger partial charge >= 0.3 is 0 Å². The Labute approximate surface area is 184 Å². The summed E-state index contributed by atoms with van der Waals surface area (Å²) >= 11 is 5.85. The van der Waals surface area contributed by atoms with Gasteiger partial charge in [0.15, 0.2) is 5.11 Å². The van der Waals surface area contributed by atoms with Gasteiger partial charge in [0.25, 0.3) is 0 Å². The lowest BCUT2D eigenvalue weighted by Gasteiger charge is -2.33. The molecule has 6 nitrogen and oxygen atoms in total. The number of nitrogens with zero attached hydrogens (tertiary/aromatic N) is 4. The van der Waals surface area contributed by atoms with Crippen LogP contribution in [0, 0.1) is 0 Å². The second-order valence-corrected chi connectivity index (χ2v) is 8.94. The van der Waals surface area contributed by atoms with E-state index in [9.17, 15) is 0 Å². The molecule has 4 heterocycles. The molecular weight excluding hydrogens is 394 g/mol. The van der Waals surface area contributed by atoms with Gasteiger partial charge in [-0.05, 0) is 49.3 Å². The fourth-order valence-electron chi connectivity index (χ4n) is 5.21. The second kappa shape index (κ2) is 9.04. The van der Waals surface area contributed by atoms with Crippen molar-refractivity contribution in [2.75, 3.05) is 39.4 Å². The van der Waals surface area contributed by atoms with Crippen LogP contribution in [0.3, 0.4) is 0 Å². The molecule has 0 aromatic carbocycles. The predicted octanol–water partition coefficient (Wildman–Crippen LogP) is 3.30. The molecule has 7 heteroatoms. The monoisotopic (exact) mass is 425 g/mol. The van der Waals surface area contributed by atoms with E-state index in [1.807, 2.05) is 12.3 Å². The third-order valence-corrected chi connectivity index (χ3v) is 7.14. The molecular formula is C23H31N5OS. The Balaban J connectivity index is 1.44. The minimum absolute atomic E-state index is 0.0680. The summed E-state index contributed by atoms with van der Waals surface area (Å²) in [4.78, 5) is 9.56. The summed E-state index contributed by atoms with van der Waals surface area (Å²) in [6.07, 6.45) is 9.34. The minimum atomic E-state index is 0.0680. The van der Waals surface area contributed by atoms with Crippen LogP contribution in [0.1, 0.15) is 55.2 Å². The molecule has 0 amide bonds. The third-order valence-electron chi connectivity index (χ3n) is 6.79. The maximum Gasteiger partial charge on any atom is 0.170 e. The summed E-state index contributed by atoms with van der Waals surface area (Å²) in [6.45, 7) is 5.57. The van der Waals surface area contributed by atoms with Gasteiger partial charge in [-0.2, -0.15) is 0 Å². The maximum absolute atomic E-state index is 5.85. The Kier molecular flexibility index (Phi) is 6.02. The first-order valence-corrected chi connectivity index (χ1v) is 11.7. The number of pyridine rings is 1. The molecule has 1 saturated carbocycles. The largest absolute Gasteiger partial charge is 0.379 e. The molecule has 5 rings (SSSR count). The van der Waals surface area contributed by atoms with Crippen LogP contribution >= 0.6 is 12.2 Å². The molecule has 2 atom stereocenters. The molecule has 0 spiro atoms. The van der Waals surface area contributed by atoms with E-state index in [2.05, 4.69) is 55.1 Å². The average Bonchev–Trinajstić information content (AvgIpc) is 3.53. The molecule has 2 aromatic rings. The Morgan fingerprint density at radius 1 is 1.07 bits per heavy atom. The van der Waals surface area contributed by atoms with Gasteiger partial charge in [-0.15, -0.1) is 0 Å². The van der Waals surface area contributed by atoms with Crippen molar-refractivity contribution < 1.29 is 4.74 Å². The number of morpholine rings is 1. The molecule has 3 aliphatic rings. The van der Waals surface area contributed by atoms with Gasteiger partial charge in [0.1, 0.15) is 0 Å². The van der Waals surface area contributed by atoms with Crippen LogP contribution in [0.25, 0.3) is 0 Å². The van der Waals surface area contributed by atoms with Crippen molar-refractivity contribution in [1.29, 1.82) is 0 Å². The highest BCUT2D eigenvalue weighted by atomic mass is 32.1. The van der Waals surface area contributed by atoms with Crippen molar-refractivity contribution in [2.45, 2.75) is 43.8 Å². The van der Waals surface area contributed by atoms with Crippen LogP contribution in [0.2, 0.25) is 0 Å². The van der Waals surface area contributed by atoms with Crippen LogP contribution in [0.4, 0.5) is 0 Å². The Morgan fingerprint density at radius 2 is 1.90 bits per heavy atom. The summed E-state index contributed by atoms with van der Waals surface area (Å²) in [6, 6.07) is 11.5. The summed E-state index contributed by atoms with van der Waals surface area (Å²) in [5, 5.41) is 4.44. The molecule has 1 aliphatic carbocycles. The normalized spacial score (nSPS) is 25.7. The zero-order valence-corrected chi connectivity index (χ0v) is 18.3. The number of thiocarbonyl (C=S) groups is 1. The quantitative estimate of drug-likeness (QED) is 0.717. The van der Waals surface area contributed by atoms with Gasteiger partial charge in [-0.25, -0.2) is 0 Å². The van der Waals surface area contributed by atoms with E-state index in [-0.39, 0.29) is 12.1 Å².